The molecule has 0 aliphatic rings. The molecule has 3 aromatic carbocycles. The number of nitrogens with two attached hydrogens (primary N) is 1. The van der Waals surface area contributed by atoms with Gasteiger partial charge in [0, 0.05) is 24.6 Å². The fourth-order valence-electron chi connectivity index (χ4n) is 4.96. The van der Waals surface area contributed by atoms with Gasteiger partial charge in [0.1, 0.15) is 23.4 Å². The maximum atomic E-state index is 12.6. The number of nitrogen functional groups attached to an aromatic ring is 1. The number of carboxylic acids is 1. The zero-order valence-corrected chi connectivity index (χ0v) is 28.2. The van der Waals surface area contributed by atoms with Crippen LogP contribution >= 0.6 is 0 Å². The Morgan fingerprint density at radius 3 is 2.10 bits per heavy atom. The van der Waals surface area contributed by atoms with Crippen LogP contribution in [0, 0.1) is 11.3 Å². The van der Waals surface area contributed by atoms with E-state index in [4.69, 9.17) is 20.6 Å². The summed E-state index contributed by atoms with van der Waals surface area (Å²) in [6.07, 6.45) is 4.51. The maximum Gasteiger partial charge on any atom is 0.343 e. The van der Waals surface area contributed by atoms with Crippen LogP contribution in [0.25, 0.3) is 10.8 Å². The molecular formula is C36H48N6O7. The summed E-state index contributed by atoms with van der Waals surface area (Å²) in [4.78, 5) is 48.7. The summed E-state index contributed by atoms with van der Waals surface area (Å²) >= 11 is 0. The van der Waals surface area contributed by atoms with Crippen LogP contribution in [0.3, 0.4) is 0 Å². The number of amidine groups is 1. The summed E-state index contributed by atoms with van der Waals surface area (Å²) in [6, 6.07) is 15.9. The van der Waals surface area contributed by atoms with E-state index in [2.05, 4.69) is 21.3 Å². The van der Waals surface area contributed by atoms with Crippen molar-refractivity contribution in [2.24, 2.45) is 11.7 Å². The first-order chi connectivity index (χ1) is 23.6. The number of carbonyl (C=O) groups excluding carboxylic acids is 3. The third-order valence-electron chi connectivity index (χ3n) is 7.88. The monoisotopic (exact) mass is 676 g/mol. The molecule has 0 heterocycles. The van der Waals surface area contributed by atoms with Gasteiger partial charge in [0.25, 0.3) is 0 Å². The summed E-state index contributed by atoms with van der Waals surface area (Å²) in [5.74, 6) is -1.12. The predicted molar refractivity (Wildman–Crippen MR) is 188 cm³/mol. The lowest BCUT2D eigenvalue weighted by molar-refractivity contribution is -0.142. The first-order valence-electron chi connectivity index (χ1n) is 16.6. The lowest BCUT2D eigenvalue weighted by atomic mass is 10.0. The van der Waals surface area contributed by atoms with Crippen molar-refractivity contribution < 1.29 is 33.8 Å². The molecule has 0 fully saturated rings. The molecule has 0 saturated carbocycles. The van der Waals surface area contributed by atoms with Crippen molar-refractivity contribution in [1.82, 2.24) is 21.3 Å². The number of benzene rings is 3. The van der Waals surface area contributed by atoms with E-state index in [-0.39, 0.29) is 30.1 Å². The molecule has 3 aromatic rings. The van der Waals surface area contributed by atoms with Crippen LogP contribution < -0.4 is 36.5 Å². The summed E-state index contributed by atoms with van der Waals surface area (Å²) in [5.41, 5.74) is 6.54. The number of amides is 3. The van der Waals surface area contributed by atoms with Crippen LogP contribution in [0.1, 0.15) is 67.8 Å². The van der Waals surface area contributed by atoms with E-state index < -0.39 is 18.0 Å². The van der Waals surface area contributed by atoms with Gasteiger partial charge in [0.2, 0.25) is 5.91 Å². The van der Waals surface area contributed by atoms with E-state index >= 15 is 0 Å². The predicted octanol–water partition coefficient (Wildman–Crippen LogP) is 4.18. The summed E-state index contributed by atoms with van der Waals surface area (Å²) in [6.45, 7) is 3.81. The van der Waals surface area contributed by atoms with Crippen molar-refractivity contribution in [3.63, 3.8) is 0 Å². The van der Waals surface area contributed by atoms with Gasteiger partial charge in [-0.1, -0.05) is 31.5 Å². The molecule has 0 saturated heterocycles. The molecule has 2 atom stereocenters. The highest BCUT2D eigenvalue weighted by Gasteiger charge is 2.22. The molecule has 3 amide bonds. The Bertz CT molecular complexity index is 1560. The smallest absolute Gasteiger partial charge is 0.343 e. The largest absolute Gasteiger partial charge is 0.494 e. The Hall–Kier alpha value is -5.17. The van der Waals surface area contributed by atoms with E-state index in [9.17, 15) is 24.3 Å². The number of esters is 1. The van der Waals surface area contributed by atoms with E-state index in [0.29, 0.717) is 68.0 Å². The zero-order valence-electron chi connectivity index (χ0n) is 28.2. The molecule has 0 spiro atoms. The quantitative estimate of drug-likeness (QED) is 0.0284. The molecule has 0 bridgehead atoms. The normalized spacial score (nSPS) is 12.0. The van der Waals surface area contributed by atoms with Crippen LogP contribution in [0.4, 0.5) is 4.79 Å². The zero-order chi connectivity index (χ0) is 35.6. The van der Waals surface area contributed by atoms with Crippen molar-refractivity contribution in [3.05, 3.63) is 71.8 Å². The van der Waals surface area contributed by atoms with Crippen LogP contribution in [-0.2, 0) is 9.59 Å². The summed E-state index contributed by atoms with van der Waals surface area (Å²) in [5, 5.41) is 30.0. The highest BCUT2D eigenvalue weighted by atomic mass is 16.5. The lowest BCUT2D eigenvalue weighted by Crippen LogP contribution is -2.43. The number of urea groups is 1. The van der Waals surface area contributed by atoms with E-state index in [1.807, 2.05) is 20.0 Å². The van der Waals surface area contributed by atoms with Crippen LogP contribution in [0.15, 0.2) is 60.7 Å². The van der Waals surface area contributed by atoms with E-state index in [1.54, 1.807) is 54.6 Å². The van der Waals surface area contributed by atoms with Gasteiger partial charge in [-0.15, -0.1) is 0 Å². The maximum absolute atomic E-state index is 12.6. The molecule has 0 radical (unpaired) electrons. The SMILES string of the molecule is CNCCCCC(C)C(=O)NC(CCCCNC(=O)NCCCOc1ccc(C(=O)Oc2ccc3cc(C(=N)N)ccc3c2)cc1)C(=O)O. The number of unbranched alkanes of at least 4 members (excludes halogenated alkanes) is 2. The minimum absolute atomic E-state index is 0.0140. The minimum atomic E-state index is -1.06. The van der Waals surface area contributed by atoms with Gasteiger partial charge in [-0.3, -0.25) is 10.2 Å². The standard InChI is InChI=1S/C36H48N6O7/c1-24(8-3-5-18-39-2)33(43)42-31(34(44)45)9-4-6-19-40-36(47)41-20-7-21-48-29-15-12-25(13-16-29)35(46)49-30-17-14-26-22-28(32(37)38)11-10-27(26)23-30/h10-17,22-24,31,39H,3-9,18-21H2,1-2H3,(H3,37,38)(H,42,43)(H,44,45)(H2,40,41,47). The molecule has 0 aliphatic heterocycles. The number of aliphatic carboxylic acids is 1. The second-order valence-electron chi connectivity index (χ2n) is 11.8. The molecule has 0 aromatic heterocycles. The Morgan fingerprint density at radius 1 is 0.796 bits per heavy atom. The second-order valence-corrected chi connectivity index (χ2v) is 11.8. The van der Waals surface area contributed by atoms with Crippen molar-refractivity contribution in [3.8, 4) is 11.5 Å². The van der Waals surface area contributed by atoms with Crippen LogP contribution in [-0.4, -0.2) is 74.1 Å². The van der Waals surface area contributed by atoms with Gasteiger partial charge in [-0.2, -0.15) is 0 Å². The van der Waals surface area contributed by atoms with Gasteiger partial charge in [-0.05, 0) is 105 Å². The Kier molecular flexibility index (Phi) is 15.8. The molecular weight excluding hydrogens is 628 g/mol. The van der Waals surface area contributed by atoms with Crippen LogP contribution in [0.5, 0.6) is 11.5 Å². The van der Waals surface area contributed by atoms with Crippen LogP contribution in [0.2, 0.25) is 0 Å². The average Bonchev–Trinajstić information content (AvgIpc) is 3.08. The molecule has 0 aliphatic carbocycles. The molecule has 13 heteroatoms. The number of nitrogens with one attached hydrogen (secondary N) is 5. The molecule has 13 nitrogen and oxygen atoms in total. The Balaban J connectivity index is 1.27. The van der Waals surface area contributed by atoms with Gasteiger partial charge in [-0.25, -0.2) is 14.4 Å². The molecule has 264 valence electrons. The number of hydrogen-bond acceptors (Lipinski definition) is 8. The second kappa shape index (κ2) is 20.3. The highest BCUT2D eigenvalue weighted by molar-refractivity contribution is 5.99. The van der Waals surface area contributed by atoms with E-state index in [0.717, 1.165) is 30.2 Å². The van der Waals surface area contributed by atoms with Crippen molar-refractivity contribution >= 4 is 40.5 Å². The van der Waals surface area contributed by atoms with Gasteiger partial charge < -0.3 is 41.6 Å². The first-order valence-corrected chi connectivity index (χ1v) is 16.6. The molecule has 8 N–H and O–H groups in total. The number of carboxylic acid groups (broad SMARTS) is 1. The summed E-state index contributed by atoms with van der Waals surface area (Å²) < 4.78 is 11.2. The number of rotatable bonds is 21. The van der Waals surface area contributed by atoms with Crippen molar-refractivity contribution in [1.29, 1.82) is 5.41 Å². The Morgan fingerprint density at radius 2 is 1.41 bits per heavy atom. The lowest BCUT2D eigenvalue weighted by Gasteiger charge is -2.18. The molecule has 49 heavy (non-hydrogen) atoms. The highest BCUT2D eigenvalue weighted by Crippen LogP contribution is 2.23. The third kappa shape index (κ3) is 13.5. The number of carbonyl (C=O) groups is 4. The topological polar surface area (TPSA) is 205 Å². The number of fused-ring (bicyclic) bond motifs is 1. The molecule has 3 rings (SSSR count). The van der Waals surface area contributed by atoms with Crippen molar-refractivity contribution in [2.45, 2.75) is 57.9 Å². The first kappa shape index (κ1) is 38.3. The number of ether oxygens (including phenoxy) is 2. The van der Waals surface area contributed by atoms with Gasteiger partial charge in [0.05, 0.1) is 12.2 Å². The number of hydrogen-bond donors (Lipinski definition) is 7. The third-order valence-corrected chi connectivity index (χ3v) is 7.88. The molecule has 2 unspecified atom stereocenters. The fraction of sp³-hybridized carbons (Fsp3) is 0.417. The minimum Gasteiger partial charge on any atom is -0.494 e. The average molecular weight is 677 g/mol. The fourth-order valence-corrected chi connectivity index (χ4v) is 4.96. The van der Waals surface area contributed by atoms with Gasteiger partial charge >= 0.3 is 18.0 Å². The van der Waals surface area contributed by atoms with Gasteiger partial charge in [0.15, 0.2) is 0 Å². The summed E-state index contributed by atoms with van der Waals surface area (Å²) in [7, 11) is 1.88. The van der Waals surface area contributed by atoms with Crippen molar-refractivity contribution in [2.75, 3.05) is 33.3 Å². The Labute approximate surface area is 286 Å². The van der Waals surface area contributed by atoms with E-state index in [1.165, 1.54) is 0 Å².